The summed E-state index contributed by atoms with van der Waals surface area (Å²) in [6.45, 7) is 5.61. The number of carbonyl (C=O) groups excluding carboxylic acids is 1. The van der Waals surface area contributed by atoms with E-state index in [1.807, 2.05) is 45.0 Å². The lowest BCUT2D eigenvalue weighted by molar-refractivity contribution is 0.189. The van der Waals surface area contributed by atoms with Crippen molar-refractivity contribution < 1.29 is 14.3 Å². The Morgan fingerprint density at radius 1 is 1.23 bits per heavy atom. The van der Waals surface area contributed by atoms with E-state index < -0.39 is 6.09 Å². The molecule has 0 unspecified atom stereocenters. The molecule has 1 N–H and O–H groups in total. The number of ether oxygens (including phenoxy) is 2. The Hall–Kier alpha value is -2.63. The number of carbonyl (C=O) groups is 1. The van der Waals surface area contributed by atoms with Gasteiger partial charge in [0.25, 0.3) is 0 Å². The second-order valence-corrected chi connectivity index (χ2v) is 5.71. The zero-order chi connectivity index (χ0) is 16.2. The van der Waals surface area contributed by atoms with Crippen molar-refractivity contribution in [3.63, 3.8) is 0 Å². The fourth-order valence-electron chi connectivity index (χ4n) is 1.73. The Morgan fingerprint density at radius 3 is 2.68 bits per heavy atom. The summed E-state index contributed by atoms with van der Waals surface area (Å²) < 4.78 is 10.4. The first kappa shape index (κ1) is 15.8. The molecule has 6 heteroatoms. The third-order valence-electron chi connectivity index (χ3n) is 2.63. The van der Waals surface area contributed by atoms with Gasteiger partial charge in [-0.1, -0.05) is 12.1 Å². The van der Waals surface area contributed by atoms with Crippen molar-refractivity contribution in [2.75, 3.05) is 7.11 Å². The third kappa shape index (κ3) is 4.44. The molecule has 0 radical (unpaired) electrons. The molecule has 0 aliphatic heterocycles. The first-order valence-corrected chi connectivity index (χ1v) is 6.85. The minimum atomic E-state index is -0.553. The number of nitrogens with zero attached hydrogens (tertiary/aromatic N) is 2. The number of aromatic nitrogens is 2. The maximum absolute atomic E-state index is 11.8. The van der Waals surface area contributed by atoms with Gasteiger partial charge in [-0.3, -0.25) is 0 Å². The molecule has 0 aliphatic rings. The molecule has 1 amide bonds. The maximum atomic E-state index is 11.8. The van der Waals surface area contributed by atoms with Gasteiger partial charge in [0.2, 0.25) is 5.88 Å². The van der Waals surface area contributed by atoms with Crippen LogP contribution in [0.3, 0.4) is 0 Å². The molecule has 0 spiro atoms. The summed E-state index contributed by atoms with van der Waals surface area (Å²) in [6.07, 6.45) is 0.990. The van der Waals surface area contributed by atoms with Crippen LogP contribution in [-0.2, 0) is 0 Å². The van der Waals surface area contributed by atoms with Crippen molar-refractivity contribution in [2.24, 2.45) is 0 Å². The van der Waals surface area contributed by atoms with E-state index in [4.69, 9.17) is 9.47 Å². The van der Waals surface area contributed by atoms with Gasteiger partial charge in [0.1, 0.15) is 5.75 Å². The van der Waals surface area contributed by atoms with Gasteiger partial charge in [-0.25, -0.2) is 9.78 Å². The van der Waals surface area contributed by atoms with Crippen LogP contribution in [0.1, 0.15) is 20.8 Å². The van der Waals surface area contributed by atoms with Crippen LogP contribution in [0.4, 0.5) is 4.79 Å². The lowest BCUT2D eigenvalue weighted by Crippen LogP contribution is -2.42. The highest BCUT2D eigenvalue weighted by Crippen LogP contribution is 2.22. The fraction of sp³-hybridized carbons (Fsp3) is 0.312. The minimum absolute atomic E-state index is 0.189. The number of hydrogen-bond donors (Lipinski definition) is 1. The van der Waals surface area contributed by atoms with Gasteiger partial charge in [0.05, 0.1) is 7.11 Å². The first-order valence-electron chi connectivity index (χ1n) is 6.85. The highest BCUT2D eigenvalue weighted by atomic mass is 16.6. The lowest BCUT2D eigenvalue weighted by Gasteiger charge is -2.19. The van der Waals surface area contributed by atoms with E-state index in [1.54, 1.807) is 13.3 Å². The van der Waals surface area contributed by atoms with Crippen molar-refractivity contribution in [2.45, 2.75) is 26.3 Å². The summed E-state index contributed by atoms with van der Waals surface area (Å²) in [7, 11) is 1.59. The van der Waals surface area contributed by atoms with Crippen molar-refractivity contribution >= 4 is 6.09 Å². The predicted molar refractivity (Wildman–Crippen MR) is 82.9 cm³/mol. The molecular weight excluding hydrogens is 282 g/mol. The van der Waals surface area contributed by atoms with Crippen LogP contribution in [-0.4, -0.2) is 28.7 Å². The Labute approximate surface area is 129 Å². The summed E-state index contributed by atoms with van der Waals surface area (Å²) >= 11 is 0. The van der Waals surface area contributed by atoms with Crippen LogP contribution in [0.2, 0.25) is 0 Å². The standard InChI is InChI=1S/C16H19N3O3/c1-16(2,3)19-15(20)22-13-8-9-17-14(18-13)11-6-5-7-12(10-11)21-4/h5-10H,1-4H3,(H,19,20). The molecule has 0 saturated carbocycles. The summed E-state index contributed by atoms with van der Waals surface area (Å²) in [6, 6.07) is 8.88. The fourth-order valence-corrected chi connectivity index (χ4v) is 1.73. The van der Waals surface area contributed by atoms with Crippen molar-refractivity contribution in [1.29, 1.82) is 0 Å². The number of benzene rings is 1. The zero-order valence-corrected chi connectivity index (χ0v) is 13.1. The average Bonchev–Trinajstić information content (AvgIpc) is 2.45. The zero-order valence-electron chi connectivity index (χ0n) is 13.1. The van der Waals surface area contributed by atoms with Crippen LogP contribution in [0, 0.1) is 0 Å². The Bertz CT molecular complexity index is 666. The highest BCUT2D eigenvalue weighted by Gasteiger charge is 2.16. The summed E-state index contributed by atoms with van der Waals surface area (Å²) in [4.78, 5) is 20.2. The maximum Gasteiger partial charge on any atom is 0.414 e. The molecule has 1 heterocycles. The first-order chi connectivity index (χ1) is 10.4. The average molecular weight is 301 g/mol. The Kier molecular flexibility index (Phi) is 4.60. The molecule has 22 heavy (non-hydrogen) atoms. The molecule has 2 aromatic rings. The summed E-state index contributed by atoms with van der Waals surface area (Å²) in [5.74, 6) is 1.35. The van der Waals surface area contributed by atoms with E-state index in [0.717, 1.165) is 5.56 Å². The van der Waals surface area contributed by atoms with Crippen molar-refractivity contribution in [3.8, 4) is 23.0 Å². The molecular formula is C16H19N3O3. The van der Waals surface area contributed by atoms with Crippen molar-refractivity contribution in [1.82, 2.24) is 15.3 Å². The molecule has 0 fully saturated rings. The van der Waals surface area contributed by atoms with Gasteiger partial charge in [-0.15, -0.1) is 0 Å². The smallest absolute Gasteiger partial charge is 0.414 e. The molecule has 0 saturated heterocycles. The van der Waals surface area contributed by atoms with Crippen LogP contribution in [0.5, 0.6) is 11.6 Å². The lowest BCUT2D eigenvalue weighted by atomic mass is 10.1. The Morgan fingerprint density at radius 2 is 2.00 bits per heavy atom. The molecule has 1 aromatic carbocycles. The molecule has 2 rings (SSSR count). The molecule has 116 valence electrons. The van der Waals surface area contributed by atoms with E-state index in [-0.39, 0.29) is 11.4 Å². The number of rotatable bonds is 3. The van der Waals surface area contributed by atoms with Gasteiger partial charge in [0, 0.05) is 23.4 Å². The Balaban J connectivity index is 2.18. The largest absolute Gasteiger partial charge is 0.497 e. The van der Waals surface area contributed by atoms with Gasteiger partial charge in [-0.2, -0.15) is 4.98 Å². The van der Waals surface area contributed by atoms with Gasteiger partial charge in [0.15, 0.2) is 5.82 Å². The minimum Gasteiger partial charge on any atom is -0.497 e. The van der Waals surface area contributed by atoms with E-state index in [2.05, 4.69) is 15.3 Å². The molecule has 0 aliphatic carbocycles. The topological polar surface area (TPSA) is 73.3 Å². The number of nitrogens with one attached hydrogen (secondary N) is 1. The van der Waals surface area contributed by atoms with E-state index in [0.29, 0.717) is 11.6 Å². The molecule has 0 atom stereocenters. The third-order valence-corrected chi connectivity index (χ3v) is 2.63. The monoisotopic (exact) mass is 301 g/mol. The number of hydrogen-bond acceptors (Lipinski definition) is 5. The van der Waals surface area contributed by atoms with Crippen molar-refractivity contribution in [3.05, 3.63) is 36.5 Å². The van der Waals surface area contributed by atoms with Crippen LogP contribution in [0.15, 0.2) is 36.5 Å². The molecule has 1 aromatic heterocycles. The van der Waals surface area contributed by atoms with E-state index >= 15 is 0 Å². The van der Waals surface area contributed by atoms with Crippen LogP contribution in [0.25, 0.3) is 11.4 Å². The normalized spacial score (nSPS) is 10.9. The van der Waals surface area contributed by atoms with Crippen LogP contribution >= 0.6 is 0 Å². The number of methoxy groups -OCH3 is 1. The van der Waals surface area contributed by atoms with Gasteiger partial charge >= 0.3 is 6.09 Å². The van der Waals surface area contributed by atoms with Gasteiger partial charge < -0.3 is 14.8 Å². The SMILES string of the molecule is COc1cccc(-c2nccc(OC(=O)NC(C)(C)C)n2)c1. The van der Waals surface area contributed by atoms with E-state index in [9.17, 15) is 4.79 Å². The van der Waals surface area contributed by atoms with Crippen LogP contribution < -0.4 is 14.8 Å². The molecule has 6 nitrogen and oxygen atoms in total. The summed E-state index contributed by atoms with van der Waals surface area (Å²) in [5.41, 5.74) is 0.403. The van der Waals surface area contributed by atoms with Gasteiger partial charge in [-0.05, 0) is 32.9 Å². The molecule has 0 bridgehead atoms. The summed E-state index contributed by atoms with van der Waals surface area (Å²) in [5, 5.41) is 2.70. The predicted octanol–water partition coefficient (Wildman–Crippen LogP) is 3.04. The second-order valence-electron chi connectivity index (χ2n) is 5.71. The quantitative estimate of drug-likeness (QED) is 0.943. The number of amides is 1. The second kappa shape index (κ2) is 6.43. The highest BCUT2D eigenvalue weighted by molar-refractivity contribution is 5.70. The van der Waals surface area contributed by atoms with E-state index in [1.165, 1.54) is 6.07 Å².